The molecule has 0 saturated heterocycles. The average molecular weight is 279 g/mol. The number of aromatic carboxylic acids is 1. The summed E-state index contributed by atoms with van der Waals surface area (Å²) >= 11 is 0. The molecular weight excluding hydrogens is 258 g/mol. The summed E-state index contributed by atoms with van der Waals surface area (Å²) in [6, 6.07) is 6.30. The zero-order valence-electron chi connectivity index (χ0n) is 12.1. The van der Waals surface area contributed by atoms with Gasteiger partial charge in [0.2, 0.25) is 5.91 Å². The second-order valence-corrected chi connectivity index (χ2v) is 5.00. The summed E-state index contributed by atoms with van der Waals surface area (Å²) < 4.78 is 5.27. The summed E-state index contributed by atoms with van der Waals surface area (Å²) in [5, 5.41) is 11.6. The molecule has 0 radical (unpaired) electrons. The molecule has 0 bridgehead atoms. The van der Waals surface area contributed by atoms with E-state index in [-0.39, 0.29) is 24.0 Å². The quantitative estimate of drug-likeness (QED) is 0.796. The fraction of sp³-hybridized carbons (Fsp3) is 0.467. The normalized spacial score (nSPS) is 12.2. The van der Waals surface area contributed by atoms with Crippen molar-refractivity contribution < 1.29 is 19.4 Å². The number of ether oxygens (including phenoxy) is 1. The first-order valence-corrected chi connectivity index (χ1v) is 6.55. The fourth-order valence-corrected chi connectivity index (χ4v) is 1.82. The van der Waals surface area contributed by atoms with Crippen LogP contribution in [0.25, 0.3) is 0 Å². The van der Waals surface area contributed by atoms with Crippen molar-refractivity contribution in [2.75, 3.05) is 13.7 Å². The van der Waals surface area contributed by atoms with Gasteiger partial charge in [-0.15, -0.1) is 0 Å². The van der Waals surface area contributed by atoms with Crippen molar-refractivity contribution in [1.82, 2.24) is 5.32 Å². The second-order valence-electron chi connectivity index (χ2n) is 5.00. The smallest absolute Gasteiger partial charge is 0.335 e. The minimum atomic E-state index is -0.971. The van der Waals surface area contributed by atoms with Crippen molar-refractivity contribution in [2.24, 2.45) is 5.92 Å². The monoisotopic (exact) mass is 279 g/mol. The molecule has 0 aliphatic carbocycles. The lowest BCUT2D eigenvalue weighted by molar-refractivity contribution is -0.121. The van der Waals surface area contributed by atoms with E-state index >= 15 is 0 Å². The molecule has 1 rings (SSSR count). The Labute approximate surface area is 118 Å². The number of carboxylic acids is 1. The highest BCUT2D eigenvalue weighted by molar-refractivity contribution is 5.87. The van der Waals surface area contributed by atoms with E-state index in [1.165, 1.54) is 12.1 Å². The number of hydrogen-bond donors (Lipinski definition) is 2. The molecule has 0 aliphatic heterocycles. The van der Waals surface area contributed by atoms with E-state index in [0.717, 1.165) is 5.56 Å². The first kappa shape index (κ1) is 16.2. The Kier molecular flexibility index (Phi) is 6.18. The van der Waals surface area contributed by atoms with Gasteiger partial charge in [0, 0.05) is 13.7 Å². The van der Waals surface area contributed by atoms with Crippen LogP contribution in [0.1, 0.15) is 29.8 Å². The van der Waals surface area contributed by atoms with Crippen LogP contribution in [-0.4, -0.2) is 36.7 Å². The molecule has 5 nitrogen and oxygen atoms in total. The van der Waals surface area contributed by atoms with E-state index in [1.807, 2.05) is 13.8 Å². The highest BCUT2D eigenvalue weighted by atomic mass is 16.5. The molecule has 5 heteroatoms. The van der Waals surface area contributed by atoms with Gasteiger partial charge in [0.25, 0.3) is 0 Å². The van der Waals surface area contributed by atoms with Crippen LogP contribution in [-0.2, 0) is 16.0 Å². The number of benzene rings is 1. The Morgan fingerprint density at radius 2 is 1.85 bits per heavy atom. The molecule has 20 heavy (non-hydrogen) atoms. The lowest BCUT2D eigenvalue weighted by Gasteiger charge is -2.19. The Morgan fingerprint density at radius 3 is 2.30 bits per heavy atom. The fourth-order valence-electron chi connectivity index (χ4n) is 1.82. The Balaban J connectivity index is 2.48. The third kappa shape index (κ3) is 5.01. The molecule has 2 N–H and O–H groups in total. The lowest BCUT2D eigenvalue weighted by Crippen LogP contribution is -2.36. The van der Waals surface area contributed by atoms with Crippen molar-refractivity contribution in [1.29, 1.82) is 0 Å². The lowest BCUT2D eigenvalue weighted by atomic mass is 10.1. The molecule has 0 spiro atoms. The molecule has 1 amide bonds. The Hall–Kier alpha value is -1.88. The summed E-state index contributed by atoms with van der Waals surface area (Å²) in [5.41, 5.74) is 0.999. The maximum absolute atomic E-state index is 11.8. The maximum atomic E-state index is 11.8. The molecule has 0 heterocycles. The summed E-state index contributed by atoms with van der Waals surface area (Å²) in [5.74, 6) is -0.744. The molecule has 0 saturated carbocycles. The number of amides is 1. The molecule has 1 aromatic rings. The molecule has 0 aromatic heterocycles. The second kappa shape index (κ2) is 7.65. The van der Waals surface area contributed by atoms with Gasteiger partial charge in [0.05, 0.1) is 18.1 Å². The molecule has 1 atom stereocenters. The highest BCUT2D eigenvalue weighted by Crippen LogP contribution is 2.06. The Morgan fingerprint density at radius 1 is 1.25 bits per heavy atom. The van der Waals surface area contributed by atoms with Gasteiger partial charge in [-0.2, -0.15) is 0 Å². The third-order valence-electron chi connectivity index (χ3n) is 3.11. The number of carbonyl (C=O) groups is 2. The number of carbonyl (C=O) groups excluding carboxylic acids is 1. The topological polar surface area (TPSA) is 75.6 Å². The molecule has 1 unspecified atom stereocenters. The third-order valence-corrected chi connectivity index (χ3v) is 3.11. The number of hydrogen-bond acceptors (Lipinski definition) is 3. The summed E-state index contributed by atoms with van der Waals surface area (Å²) in [6.45, 7) is 4.54. The first-order chi connectivity index (χ1) is 9.43. The molecule has 0 fully saturated rings. The number of rotatable bonds is 7. The number of methoxy groups -OCH3 is 1. The van der Waals surface area contributed by atoms with E-state index in [4.69, 9.17) is 9.84 Å². The predicted octanol–water partition coefficient (Wildman–Crippen LogP) is 1.71. The zero-order chi connectivity index (χ0) is 15.1. The SMILES string of the molecule is COC(CNC(=O)Cc1ccc(C(=O)O)cc1)C(C)C. The summed E-state index contributed by atoms with van der Waals surface area (Å²) in [7, 11) is 1.63. The van der Waals surface area contributed by atoms with Crippen LogP contribution in [0.5, 0.6) is 0 Å². The molecule has 1 aromatic carbocycles. The number of nitrogens with one attached hydrogen (secondary N) is 1. The van der Waals surface area contributed by atoms with Crippen LogP contribution < -0.4 is 5.32 Å². The maximum Gasteiger partial charge on any atom is 0.335 e. The van der Waals surface area contributed by atoms with Crippen LogP contribution in [0, 0.1) is 5.92 Å². The van der Waals surface area contributed by atoms with E-state index in [2.05, 4.69) is 5.32 Å². The van der Waals surface area contributed by atoms with Crippen molar-refractivity contribution in [3.05, 3.63) is 35.4 Å². The van der Waals surface area contributed by atoms with Crippen LogP contribution in [0.3, 0.4) is 0 Å². The predicted molar refractivity (Wildman–Crippen MR) is 75.8 cm³/mol. The van der Waals surface area contributed by atoms with Crippen LogP contribution >= 0.6 is 0 Å². The van der Waals surface area contributed by atoms with E-state index in [1.54, 1.807) is 19.2 Å². The van der Waals surface area contributed by atoms with Gasteiger partial charge in [-0.05, 0) is 23.6 Å². The van der Waals surface area contributed by atoms with E-state index in [9.17, 15) is 9.59 Å². The van der Waals surface area contributed by atoms with E-state index < -0.39 is 5.97 Å². The largest absolute Gasteiger partial charge is 0.478 e. The van der Waals surface area contributed by atoms with Crippen molar-refractivity contribution in [2.45, 2.75) is 26.4 Å². The van der Waals surface area contributed by atoms with Gasteiger partial charge >= 0.3 is 5.97 Å². The van der Waals surface area contributed by atoms with Crippen molar-refractivity contribution in [3.63, 3.8) is 0 Å². The van der Waals surface area contributed by atoms with Gasteiger partial charge in [0.1, 0.15) is 0 Å². The van der Waals surface area contributed by atoms with Crippen LogP contribution in [0.2, 0.25) is 0 Å². The minimum Gasteiger partial charge on any atom is -0.478 e. The summed E-state index contributed by atoms with van der Waals surface area (Å²) in [6.07, 6.45) is 0.224. The van der Waals surface area contributed by atoms with Gasteiger partial charge < -0.3 is 15.2 Å². The van der Waals surface area contributed by atoms with Gasteiger partial charge in [-0.1, -0.05) is 26.0 Å². The average Bonchev–Trinajstić information content (AvgIpc) is 2.39. The number of carboxylic acid groups (broad SMARTS) is 1. The van der Waals surface area contributed by atoms with Crippen molar-refractivity contribution in [3.8, 4) is 0 Å². The molecule has 110 valence electrons. The van der Waals surface area contributed by atoms with Crippen LogP contribution in [0.15, 0.2) is 24.3 Å². The first-order valence-electron chi connectivity index (χ1n) is 6.55. The molecular formula is C15H21NO4. The summed E-state index contributed by atoms with van der Waals surface area (Å²) in [4.78, 5) is 22.5. The van der Waals surface area contributed by atoms with Crippen LogP contribution in [0.4, 0.5) is 0 Å². The molecule has 0 aliphatic rings. The van der Waals surface area contributed by atoms with Gasteiger partial charge in [0.15, 0.2) is 0 Å². The highest BCUT2D eigenvalue weighted by Gasteiger charge is 2.13. The van der Waals surface area contributed by atoms with E-state index in [0.29, 0.717) is 12.5 Å². The minimum absolute atomic E-state index is 0.00617. The zero-order valence-corrected chi connectivity index (χ0v) is 12.1. The van der Waals surface area contributed by atoms with Gasteiger partial charge in [-0.25, -0.2) is 4.79 Å². The standard InChI is InChI=1S/C15H21NO4/c1-10(2)13(20-3)9-16-14(17)8-11-4-6-12(7-5-11)15(18)19/h4-7,10,13H,8-9H2,1-3H3,(H,16,17)(H,18,19). The van der Waals surface area contributed by atoms with Crippen molar-refractivity contribution >= 4 is 11.9 Å². The van der Waals surface area contributed by atoms with Gasteiger partial charge in [-0.3, -0.25) is 4.79 Å². The Bertz CT molecular complexity index is 453.